The van der Waals surface area contributed by atoms with E-state index in [1.54, 1.807) is 12.1 Å². The third-order valence-electron chi connectivity index (χ3n) is 3.47. The van der Waals surface area contributed by atoms with Gasteiger partial charge in [0.25, 0.3) is 10.1 Å². The fourth-order valence-electron chi connectivity index (χ4n) is 2.03. The lowest BCUT2D eigenvalue weighted by Gasteiger charge is -2.38. The lowest BCUT2D eigenvalue weighted by atomic mass is 9.98. The van der Waals surface area contributed by atoms with E-state index in [9.17, 15) is 23.7 Å². The summed E-state index contributed by atoms with van der Waals surface area (Å²) in [6.07, 6.45) is -5.65. The zero-order chi connectivity index (χ0) is 16.5. The van der Waals surface area contributed by atoms with E-state index in [1.807, 2.05) is 6.92 Å². The summed E-state index contributed by atoms with van der Waals surface area (Å²) >= 11 is 0. The number of hydrogen-bond donors (Lipinski definition) is 4. The highest BCUT2D eigenvalue weighted by molar-refractivity contribution is 7.86. The van der Waals surface area contributed by atoms with E-state index in [0.717, 1.165) is 5.56 Å². The van der Waals surface area contributed by atoms with Gasteiger partial charge in [0, 0.05) is 0 Å². The molecule has 1 aliphatic rings. The Morgan fingerprint density at radius 2 is 1.77 bits per heavy atom. The minimum atomic E-state index is -4.03. The average Bonchev–Trinajstić information content (AvgIpc) is 2.48. The summed E-state index contributed by atoms with van der Waals surface area (Å²) in [6.45, 7) is 1.26. The Morgan fingerprint density at radius 3 is 2.36 bits per heavy atom. The van der Waals surface area contributed by atoms with Crippen molar-refractivity contribution in [3.63, 3.8) is 0 Å². The zero-order valence-corrected chi connectivity index (χ0v) is 12.7. The van der Waals surface area contributed by atoms with Gasteiger partial charge in [-0.1, -0.05) is 17.7 Å². The standard InChI is InChI=1S/C13H19NO7S/c1-7-2-4-8(5-3-7)22(18,19)20-6-9-11(15)12(16)10(14)13(17)21-9/h2-5,9-13,15-17H,6,14H2,1H3/t9-,10-,11+,12-,13-/m1/s1. The molecule has 0 aliphatic carbocycles. The number of rotatable bonds is 4. The van der Waals surface area contributed by atoms with Crippen LogP contribution in [0.25, 0.3) is 0 Å². The Labute approximate surface area is 128 Å². The van der Waals surface area contributed by atoms with E-state index in [2.05, 4.69) is 0 Å². The molecule has 1 saturated heterocycles. The molecular formula is C13H19NO7S. The third kappa shape index (κ3) is 3.63. The maximum Gasteiger partial charge on any atom is 0.297 e. The monoisotopic (exact) mass is 333 g/mol. The molecule has 124 valence electrons. The molecule has 9 heteroatoms. The van der Waals surface area contributed by atoms with Crippen LogP contribution in [-0.4, -0.2) is 61.0 Å². The second-order valence-corrected chi connectivity index (χ2v) is 6.79. The molecule has 1 aromatic carbocycles. The molecule has 0 unspecified atom stereocenters. The first-order valence-electron chi connectivity index (χ1n) is 6.64. The predicted molar refractivity (Wildman–Crippen MR) is 75.2 cm³/mol. The van der Waals surface area contributed by atoms with Crippen molar-refractivity contribution >= 4 is 10.1 Å². The summed E-state index contributed by atoms with van der Waals surface area (Å²) in [5.74, 6) is 0. The van der Waals surface area contributed by atoms with Crippen LogP contribution in [0.1, 0.15) is 5.56 Å². The number of aliphatic hydroxyl groups excluding tert-OH is 3. The summed E-state index contributed by atoms with van der Waals surface area (Å²) in [7, 11) is -4.03. The van der Waals surface area contributed by atoms with Gasteiger partial charge >= 0.3 is 0 Å². The maximum absolute atomic E-state index is 12.0. The number of aryl methyl sites for hydroxylation is 1. The molecule has 1 heterocycles. The number of aliphatic hydroxyl groups is 3. The number of benzene rings is 1. The summed E-state index contributed by atoms with van der Waals surface area (Å²) < 4.78 is 33.8. The van der Waals surface area contributed by atoms with Crippen molar-refractivity contribution in [2.75, 3.05) is 6.61 Å². The molecule has 2 rings (SSSR count). The molecule has 0 spiro atoms. The highest BCUT2D eigenvalue weighted by Gasteiger charge is 2.42. The van der Waals surface area contributed by atoms with E-state index in [4.69, 9.17) is 14.7 Å². The first-order chi connectivity index (χ1) is 10.2. The Balaban J connectivity index is 2.04. The van der Waals surface area contributed by atoms with Gasteiger partial charge in [-0.15, -0.1) is 0 Å². The lowest BCUT2D eigenvalue weighted by molar-refractivity contribution is -0.246. The Kier molecular flexibility index (Phi) is 5.17. The van der Waals surface area contributed by atoms with Gasteiger partial charge in [-0.25, -0.2) is 0 Å². The van der Waals surface area contributed by atoms with E-state index in [1.165, 1.54) is 12.1 Å². The second-order valence-electron chi connectivity index (χ2n) is 5.18. The molecule has 0 radical (unpaired) electrons. The number of ether oxygens (including phenoxy) is 1. The quantitative estimate of drug-likeness (QED) is 0.487. The molecule has 5 N–H and O–H groups in total. The summed E-state index contributed by atoms with van der Waals surface area (Å²) in [4.78, 5) is -0.0406. The van der Waals surface area contributed by atoms with E-state index < -0.39 is 47.4 Å². The van der Waals surface area contributed by atoms with Gasteiger partial charge in [-0.05, 0) is 19.1 Å². The first-order valence-corrected chi connectivity index (χ1v) is 8.04. The van der Waals surface area contributed by atoms with Gasteiger partial charge in [-0.3, -0.25) is 4.18 Å². The third-order valence-corrected chi connectivity index (χ3v) is 4.76. The molecule has 0 amide bonds. The van der Waals surface area contributed by atoms with Crippen LogP contribution in [0.15, 0.2) is 29.2 Å². The molecule has 1 aromatic rings. The van der Waals surface area contributed by atoms with Gasteiger partial charge in [-0.2, -0.15) is 8.42 Å². The smallest absolute Gasteiger partial charge is 0.297 e. The van der Waals surface area contributed by atoms with Crippen molar-refractivity contribution < 1.29 is 32.7 Å². The van der Waals surface area contributed by atoms with E-state index >= 15 is 0 Å². The van der Waals surface area contributed by atoms with Crippen LogP contribution in [-0.2, 0) is 19.0 Å². The fraction of sp³-hybridized carbons (Fsp3) is 0.538. The molecule has 1 fully saturated rings. The Hall–Kier alpha value is -1.07. The van der Waals surface area contributed by atoms with Crippen LogP contribution >= 0.6 is 0 Å². The van der Waals surface area contributed by atoms with Crippen molar-refractivity contribution in [2.45, 2.75) is 42.5 Å². The normalized spacial score (nSPS) is 32.9. The zero-order valence-electron chi connectivity index (χ0n) is 11.9. The van der Waals surface area contributed by atoms with Gasteiger partial charge in [0.2, 0.25) is 0 Å². The molecule has 0 saturated carbocycles. The van der Waals surface area contributed by atoms with Gasteiger partial charge in [0.05, 0.1) is 17.5 Å². The number of nitrogens with two attached hydrogens (primary N) is 1. The highest BCUT2D eigenvalue weighted by Crippen LogP contribution is 2.21. The van der Waals surface area contributed by atoms with Crippen LogP contribution in [0.2, 0.25) is 0 Å². The van der Waals surface area contributed by atoms with Crippen molar-refractivity contribution in [3.8, 4) is 0 Å². The van der Waals surface area contributed by atoms with Crippen LogP contribution in [0, 0.1) is 6.92 Å². The maximum atomic E-state index is 12.0. The Morgan fingerprint density at radius 1 is 1.18 bits per heavy atom. The van der Waals surface area contributed by atoms with Gasteiger partial charge < -0.3 is 25.8 Å². The fourth-order valence-corrected chi connectivity index (χ4v) is 2.95. The Bertz CT molecular complexity index is 603. The van der Waals surface area contributed by atoms with Crippen LogP contribution < -0.4 is 5.73 Å². The van der Waals surface area contributed by atoms with E-state index in [0.29, 0.717) is 0 Å². The van der Waals surface area contributed by atoms with Crippen molar-refractivity contribution in [1.82, 2.24) is 0 Å². The topological polar surface area (TPSA) is 139 Å². The molecular weight excluding hydrogens is 314 g/mol. The molecule has 0 bridgehead atoms. The summed E-state index contributed by atoms with van der Waals surface area (Å²) in [5.41, 5.74) is 6.31. The van der Waals surface area contributed by atoms with Crippen molar-refractivity contribution in [1.29, 1.82) is 0 Å². The molecule has 22 heavy (non-hydrogen) atoms. The average molecular weight is 333 g/mol. The minimum Gasteiger partial charge on any atom is -0.388 e. The number of hydrogen-bond acceptors (Lipinski definition) is 8. The van der Waals surface area contributed by atoms with Crippen LogP contribution in [0.4, 0.5) is 0 Å². The van der Waals surface area contributed by atoms with Gasteiger partial charge in [0.1, 0.15) is 18.3 Å². The summed E-state index contributed by atoms with van der Waals surface area (Å²) in [6, 6.07) is 4.84. The second kappa shape index (κ2) is 6.59. The van der Waals surface area contributed by atoms with Gasteiger partial charge in [0.15, 0.2) is 6.29 Å². The van der Waals surface area contributed by atoms with E-state index in [-0.39, 0.29) is 4.90 Å². The van der Waals surface area contributed by atoms with Crippen LogP contribution in [0.3, 0.4) is 0 Å². The molecule has 1 aliphatic heterocycles. The molecule has 0 aromatic heterocycles. The lowest BCUT2D eigenvalue weighted by Crippen LogP contribution is -2.62. The predicted octanol–water partition coefficient (Wildman–Crippen LogP) is -1.53. The first kappa shape index (κ1) is 17.3. The largest absolute Gasteiger partial charge is 0.388 e. The minimum absolute atomic E-state index is 0.0406. The van der Waals surface area contributed by atoms with Crippen LogP contribution in [0.5, 0.6) is 0 Å². The molecule has 5 atom stereocenters. The van der Waals surface area contributed by atoms with Crippen molar-refractivity contribution in [2.24, 2.45) is 5.73 Å². The summed E-state index contributed by atoms with van der Waals surface area (Å²) in [5, 5.41) is 28.9. The molecule has 8 nitrogen and oxygen atoms in total. The SMILES string of the molecule is Cc1ccc(S(=O)(=O)OC[C@H]2O[C@@H](O)[C@H](N)[C@@H](O)[C@H]2O)cc1. The highest BCUT2D eigenvalue weighted by atomic mass is 32.2. The van der Waals surface area contributed by atoms with Crippen molar-refractivity contribution in [3.05, 3.63) is 29.8 Å².